The first-order valence-corrected chi connectivity index (χ1v) is 28.9. The smallest absolute Gasteiger partial charge is 0.449 e. The first-order valence-electron chi connectivity index (χ1n) is 28.9. The largest absolute Gasteiger partial charge is 0.514 e. The average Bonchev–Trinajstić information content (AvgIpc) is 2.27. The number of nitro benzene ring substituents is 1. The SMILES string of the molecule is C[C@H](NC(=O)CCOCCOCCOCCNC(=O)OCC1c2ccccc2-c2ccccc21)C(=O)N[C@@H](C)C(=O)N[C@@H](CC(=O)NC(c1ccccc1)(c1ccccc1)c1ccccc1)C(=O)Nc1ccc(COC(=O)Oc2ccc([N+](=O)[O-])cc2)cc1. The number of alkyl carbamates (subject to hydrolysis) is 1. The minimum Gasteiger partial charge on any atom is -0.449 e. The molecule has 0 spiro atoms. The van der Waals surface area contributed by atoms with Crippen LogP contribution in [0, 0.1) is 10.1 Å². The fourth-order valence-electron chi connectivity index (χ4n) is 9.91. The number of rotatable bonds is 31. The molecule has 3 atom stereocenters. The van der Waals surface area contributed by atoms with Crippen molar-refractivity contribution in [2.45, 2.75) is 62.9 Å². The van der Waals surface area contributed by atoms with Crippen LogP contribution in [0.2, 0.25) is 0 Å². The predicted octanol–water partition coefficient (Wildman–Crippen LogP) is 8.22. The van der Waals surface area contributed by atoms with E-state index in [1.54, 1.807) is 12.1 Å². The van der Waals surface area contributed by atoms with Gasteiger partial charge in [-0.15, -0.1) is 0 Å². The normalized spacial score (nSPS) is 12.6. The lowest BCUT2D eigenvalue weighted by Crippen LogP contribution is -2.56. The number of anilines is 1. The van der Waals surface area contributed by atoms with Gasteiger partial charge in [-0.1, -0.05) is 152 Å². The highest BCUT2D eigenvalue weighted by atomic mass is 16.7. The number of amides is 6. The van der Waals surface area contributed by atoms with Crippen LogP contribution in [0.25, 0.3) is 11.1 Å². The number of fused-ring (bicyclic) bond motifs is 3. The number of hydrogen-bond acceptors (Lipinski definition) is 15. The third kappa shape index (κ3) is 18.4. The summed E-state index contributed by atoms with van der Waals surface area (Å²) in [5, 5.41) is 27.4. The van der Waals surface area contributed by atoms with E-state index in [-0.39, 0.29) is 88.9 Å². The molecule has 0 heterocycles. The second kappa shape index (κ2) is 32.4. The summed E-state index contributed by atoms with van der Waals surface area (Å²) < 4.78 is 32.5. The van der Waals surface area contributed by atoms with Gasteiger partial charge in [-0.05, 0) is 82.6 Å². The van der Waals surface area contributed by atoms with Crippen molar-refractivity contribution in [2.24, 2.45) is 0 Å². The lowest BCUT2D eigenvalue weighted by Gasteiger charge is -2.37. The molecule has 0 saturated carbocycles. The Labute approximate surface area is 514 Å². The molecule has 0 aromatic heterocycles. The van der Waals surface area contributed by atoms with E-state index in [1.165, 1.54) is 50.2 Å². The highest BCUT2D eigenvalue weighted by molar-refractivity contribution is 6.01. The number of nitrogens with zero attached hydrogens (tertiary/aromatic N) is 1. The molecule has 89 heavy (non-hydrogen) atoms. The Kier molecular flexibility index (Phi) is 23.6. The van der Waals surface area contributed by atoms with Crippen LogP contribution in [0.4, 0.5) is 21.0 Å². The lowest BCUT2D eigenvalue weighted by atomic mass is 9.77. The second-order valence-corrected chi connectivity index (χ2v) is 20.6. The van der Waals surface area contributed by atoms with Gasteiger partial charge >= 0.3 is 12.2 Å². The summed E-state index contributed by atoms with van der Waals surface area (Å²) in [4.78, 5) is 104. The van der Waals surface area contributed by atoms with Gasteiger partial charge in [-0.2, -0.15) is 0 Å². The molecule has 22 nitrogen and oxygen atoms in total. The van der Waals surface area contributed by atoms with Gasteiger partial charge in [-0.25, -0.2) is 9.59 Å². The number of carbonyl (C=O) groups excluding carboxylic acids is 7. The maximum absolute atomic E-state index is 14.6. The zero-order valence-electron chi connectivity index (χ0n) is 49.1. The number of nitrogens with one attached hydrogen (secondary N) is 6. The molecule has 0 unspecified atom stereocenters. The summed E-state index contributed by atoms with van der Waals surface area (Å²) in [6.07, 6.45) is -2.24. The summed E-state index contributed by atoms with van der Waals surface area (Å²) in [7, 11) is 0. The van der Waals surface area contributed by atoms with E-state index in [1.807, 2.05) is 115 Å². The Bertz CT molecular complexity index is 3380. The fourth-order valence-corrected chi connectivity index (χ4v) is 9.91. The van der Waals surface area contributed by atoms with Gasteiger partial charge in [-0.3, -0.25) is 34.1 Å². The quantitative estimate of drug-likeness (QED) is 0.00596. The van der Waals surface area contributed by atoms with Gasteiger partial charge < -0.3 is 60.3 Å². The van der Waals surface area contributed by atoms with Crippen LogP contribution in [0.3, 0.4) is 0 Å². The Morgan fingerprint density at radius 3 is 1.61 bits per heavy atom. The topological polar surface area (TPSA) is 290 Å². The zero-order valence-corrected chi connectivity index (χ0v) is 49.1. The van der Waals surface area contributed by atoms with Gasteiger partial charge in [0.05, 0.1) is 51.0 Å². The molecule has 0 radical (unpaired) electrons. The van der Waals surface area contributed by atoms with Crippen molar-refractivity contribution in [3.8, 4) is 16.9 Å². The van der Waals surface area contributed by atoms with Crippen LogP contribution in [0.1, 0.15) is 66.0 Å². The van der Waals surface area contributed by atoms with Crippen LogP contribution in [-0.2, 0) is 59.8 Å². The van der Waals surface area contributed by atoms with Crippen molar-refractivity contribution in [3.05, 3.63) is 232 Å². The predicted molar refractivity (Wildman–Crippen MR) is 328 cm³/mol. The molecule has 1 aliphatic rings. The van der Waals surface area contributed by atoms with Crippen molar-refractivity contribution < 1.29 is 66.9 Å². The molecule has 0 bridgehead atoms. The van der Waals surface area contributed by atoms with Crippen LogP contribution in [-0.4, -0.2) is 118 Å². The van der Waals surface area contributed by atoms with E-state index in [0.29, 0.717) is 22.3 Å². The van der Waals surface area contributed by atoms with Crippen LogP contribution >= 0.6 is 0 Å². The first kappa shape index (κ1) is 64.7. The minimum atomic E-state index is -1.52. The molecular weight excluding hydrogens is 1140 g/mol. The number of hydrogen-bond donors (Lipinski definition) is 6. The summed E-state index contributed by atoms with van der Waals surface area (Å²) in [5.74, 6) is -3.42. The number of benzene rings is 7. The second-order valence-electron chi connectivity index (χ2n) is 20.6. The van der Waals surface area contributed by atoms with Crippen LogP contribution in [0.5, 0.6) is 5.75 Å². The van der Waals surface area contributed by atoms with Gasteiger partial charge in [0.25, 0.3) is 5.69 Å². The Hall–Kier alpha value is -10.3. The highest BCUT2D eigenvalue weighted by Gasteiger charge is 2.39. The molecular formula is C67H69N7O15. The Morgan fingerprint density at radius 2 is 1.04 bits per heavy atom. The molecule has 0 fully saturated rings. The van der Waals surface area contributed by atoms with Gasteiger partial charge in [0.15, 0.2) is 0 Å². The van der Waals surface area contributed by atoms with E-state index in [0.717, 1.165) is 22.3 Å². The molecule has 462 valence electrons. The van der Waals surface area contributed by atoms with E-state index >= 15 is 0 Å². The number of carbonyl (C=O) groups is 7. The number of nitro groups is 1. The molecule has 8 rings (SSSR count). The van der Waals surface area contributed by atoms with Crippen molar-refractivity contribution in [1.82, 2.24) is 26.6 Å². The Morgan fingerprint density at radius 1 is 0.539 bits per heavy atom. The monoisotopic (exact) mass is 1210 g/mol. The molecule has 7 aromatic rings. The van der Waals surface area contributed by atoms with E-state index in [9.17, 15) is 43.7 Å². The molecule has 6 amide bonds. The van der Waals surface area contributed by atoms with E-state index < -0.39 is 76.8 Å². The first-order chi connectivity index (χ1) is 43.2. The van der Waals surface area contributed by atoms with Crippen LogP contribution < -0.4 is 36.6 Å². The van der Waals surface area contributed by atoms with Crippen molar-refractivity contribution in [1.29, 1.82) is 0 Å². The fraction of sp³-hybridized carbons (Fsp3) is 0.269. The van der Waals surface area contributed by atoms with Gasteiger partial charge in [0.2, 0.25) is 29.5 Å². The summed E-state index contributed by atoms with van der Waals surface area (Å²) in [6.45, 7) is 4.30. The number of non-ortho nitro benzene ring substituents is 1. The lowest BCUT2D eigenvalue weighted by molar-refractivity contribution is -0.384. The van der Waals surface area contributed by atoms with Crippen LogP contribution in [0.15, 0.2) is 188 Å². The van der Waals surface area contributed by atoms with Crippen molar-refractivity contribution in [2.75, 3.05) is 58.1 Å². The average molecular weight is 1210 g/mol. The molecule has 7 aromatic carbocycles. The Balaban J connectivity index is 0.776. The van der Waals surface area contributed by atoms with Crippen molar-refractivity contribution in [3.63, 3.8) is 0 Å². The zero-order chi connectivity index (χ0) is 63.0. The summed E-state index contributed by atoms with van der Waals surface area (Å²) >= 11 is 0. The summed E-state index contributed by atoms with van der Waals surface area (Å²) in [6, 6.07) is 51.3. The highest BCUT2D eigenvalue weighted by Crippen LogP contribution is 2.44. The summed E-state index contributed by atoms with van der Waals surface area (Å²) in [5.41, 5.74) is 6.00. The maximum atomic E-state index is 14.6. The van der Waals surface area contributed by atoms with Crippen molar-refractivity contribution >= 4 is 53.2 Å². The third-order valence-electron chi connectivity index (χ3n) is 14.4. The third-order valence-corrected chi connectivity index (χ3v) is 14.4. The molecule has 0 aliphatic heterocycles. The molecule has 6 N–H and O–H groups in total. The van der Waals surface area contributed by atoms with E-state index in [2.05, 4.69) is 56.2 Å². The maximum Gasteiger partial charge on any atom is 0.514 e. The molecule has 0 saturated heterocycles. The molecule has 22 heteroatoms. The number of ether oxygens (including phenoxy) is 6. The standard InChI is InChI=1S/C67H69N7O15/c1-45(69-60(75)34-36-84-38-40-86-41-39-85-37-35-68-65(80)87-44-58-56-24-14-12-22-54(56)55-23-13-15-25-57(55)58)62(77)70-46(2)63(78)72-59(64(79)71-51-28-26-47(27-29-51)43-88-66(81)89-53-32-30-52(31-33-53)74(82)83)42-61(76)73-67(48-16-6-3-7-17-48,49-18-8-4-9-19-49)50-20-10-5-11-21-50/h3-33,45-46,58-59H,34-44H2,1-2H3,(H,68,80)(H,69,75)(H,70,77)(H,71,79)(H,72,78)(H,73,76)/t45-,46-,59-/m0/s1. The molecule has 1 aliphatic carbocycles. The van der Waals surface area contributed by atoms with Gasteiger partial charge in [0, 0.05) is 36.7 Å². The van der Waals surface area contributed by atoms with Gasteiger partial charge in [0.1, 0.15) is 42.6 Å². The van der Waals surface area contributed by atoms with E-state index in [4.69, 9.17) is 28.4 Å². The minimum absolute atomic E-state index is 0.0311.